The van der Waals surface area contributed by atoms with Crippen molar-refractivity contribution in [2.75, 3.05) is 0 Å². The molecular weight excluding hydrogens is 217 g/mol. The maximum atomic E-state index is 12.6. The Morgan fingerprint density at radius 2 is 1.88 bits per heavy atom. The van der Waals surface area contributed by atoms with E-state index < -0.39 is 11.7 Å². The molecule has 16 heavy (non-hydrogen) atoms. The van der Waals surface area contributed by atoms with Crippen molar-refractivity contribution in [1.82, 2.24) is 0 Å². The van der Waals surface area contributed by atoms with Gasteiger partial charge in [0.1, 0.15) is 0 Å². The van der Waals surface area contributed by atoms with E-state index in [1.54, 1.807) is 12.1 Å². The second-order valence-electron chi connectivity index (χ2n) is 3.26. The maximum absolute atomic E-state index is 12.6. The molecule has 0 atom stereocenters. The third-order valence-electron chi connectivity index (χ3n) is 2.16. The largest absolute Gasteiger partial charge is 0.416 e. The van der Waals surface area contributed by atoms with Gasteiger partial charge in [-0.1, -0.05) is 0 Å². The molecule has 2 nitrogen and oxygen atoms in total. The molecule has 1 aromatic rings. The summed E-state index contributed by atoms with van der Waals surface area (Å²) in [7, 11) is 0. The van der Waals surface area contributed by atoms with Crippen LogP contribution in [0, 0.1) is 29.6 Å². The summed E-state index contributed by atoms with van der Waals surface area (Å²) in [5.74, 6) is 0. The number of alkyl halides is 3. The summed E-state index contributed by atoms with van der Waals surface area (Å²) in [6, 6.07) is 5.49. The van der Waals surface area contributed by atoms with Crippen molar-refractivity contribution in [1.29, 1.82) is 10.5 Å². The Morgan fingerprint density at radius 3 is 2.31 bits per heavy atom. The molecule has 0 saturated heterocycles. The molecule has 0 fully saturated rings. The van der Waals surface area contributed by atoms with Crippen molar-refractivity contribution in [2.45, 2.75) is 19.5 Å². The molecular formula is C11H7F3N2. The molecule has 82 valence electrons. The maximum Gasteiger partial charge on any atom is 0.416 e. The van der Waals surface area contributed by atoms with Crippen molar-refractivity contribution in [3.63, 3.8) is 0 Å². The van der Waals surface area contributed by atoms with Gasteiger partial charge in [-0.25, -0.2) is 0 Å². The van der Waals surface area contributed by atoms with Crippen LogP contribution in [0.2, 0.25) is 0 Å². The number of aryl methyl sites for hydroxylation is 1. The molecule has 5 heteroatoms. The highest BCUT2D eigenvalue weighted by molar-refractivity contribution is 5.45. The predicted octanol–water partition coefficient (Wildman–Crippen LogP) is 2.95. The zero-order valence-electron chi connectivity index (χ0n) is 8.39. The van der Waals surface area contributed by atoms with Crippen molar-refractivity contribution >= 4 is 0 Å². The van der Waals surface area contributed by atoms with Gasteiger partial charge in [0, 0.05) is 0 Å². The van der Waals surface area contributed by atoms with E-state index in [0.717, 1.165) is 6.07 Å². The van der Waals surface area contributed by atoms with Crippen LogP contribution in [-0.4, -0.2) is 0 Å². The molecule has 1 aromatic carbocycles. The molecule has 1 rings (SSSR count). The third kappa shape index (κ3) is 2.32. The number of rotatable bonds is 1. The molecule has 0 N–H and O–H groups in total. The van der Waals surface area contributed by atoms with Gasteiger partial charge in [0.25, 0.3) is 0 Å². The first-order valence-corrected chi connectivity index (χ1v) is 4.38. The lowest BCUT2D eigenvalue weighted by molar-refractivity contribution is -0.138. The zero-order valence-corrected chi connectivity index (χ0v) is 8.39. The summed E-state index contributed by atoms with van der Waals surface area (Å²) in [6.45, 7) is 1.46. The molecule has 0 bridgehead atoms. The van der Waals surface area contributed by atoms with Crippen molar-refractivity contribution in [3.05, 3.63) is 34.4 Å². The van der Waals surface area contributed by atoms with E-state index in [2.05, 4.69) is 0 Å². The van der Waals surface area contributed by atoms with Gasteiger partial charge in [0.2, 0.25) is 0 Å². The summed E-state index contributed by atoms with van der Waals surface area (Å²) in [5.41, 5.74) is -0.695. The third-order valence-corrected chi connectivity index (χ3v) is 2.16. The van der Waals surface area contributed by atoms with E-state index in [9.17, 15) is 13.2 Å². The minimum absolute atomic E-state index is 0.0495. The topological polar surface area (TPSA) is 47.6 Å². The van der Waals surface area contributed by atoms with Gasteiger partial charge in [0.05, 0.1) is 29.7 Å². The smallest absolute Gasteiger partial charge is 0.198 e. The van der Waals surface area contributed by atoms with Gasteiger partial charge >= 0.3 is 6.18 Å². The van der Waals surface area contributed by atoms with Gasteiger partial charge in [0.15, 0.2) is 0 Å². The lowest BCUT2D eigenvalue weighted by Crippen LogP contribution is -2.11. The SMILES string of the molecule is Cc1cc(C#N)cc(C(F)(F)F)c1CC#N. The fourth-order valence-electron chi connectivity index (χ4n) is 1.45. The first-order valence-electron chi connectivity index (χ1n) is 4.38. The van der Waals surface area contributed by atoms with Crippen LogP contribution in [0.25, 0.3) is 0 Å². The Balaban J connectivity index is 3.49. The highest BCUT2D eigenvalue weighted by Gasteiger charge is 2.34. The Labute approximate surface area is 90.5 Å². The van der Waals surface area contributed by atoms with Crippen LogP contribution in [0.1, 0.15) is 22.3 Å². The molecule has 0 aromatic heterocycles. The lowest BCUT2D eigenvalue weighted by atomic mass is 9.96. The summed E-state index contributed by atoms with van der Waals surface area (Å²) >= 11 is 0. The normalized spacial score (nSPS) is 10.6. The fraction of sp³-hybridized carbons (Fsp3) is 0.273. The van der Waals surface area contributed by atoms with E-state index in [1.807, 2.05) is 0 Å². The van der Waals surface area contributed by atoms with Crippen LogP contribution >= 0.6 is 0 Å². The Kier molecular flexibility index (Phi) is 3.20. The van der Waals surface area contributed by atoms with Crippen molar-refractivity contribution in [3.8, 4) is 12.1 Å². The van der Waals surface area contributed by atoms with Crippen molar-refractivity contribution < 1.29 is 13.2 Å². The van der Waals surface area contributed by atoms with E-state index >= 15 is 0 Å². The molecule has 0 saturated carbocycles. The molecule has 0 amide bonds. The molecule has 0 aliphatic carbocycles. The predicted molar refractivity (Wildman–Crippen MR) is 50.2 cm³/mol. The summed E-state index contributed by atoms with van der Waals surface area (Å²) < 4.78 is 37.9. The fourth-order valence-corrected chi connectivity index (χ4v) is 1.45. The number of hydrogen-bond donors (Lipinski definition) is 0. The highest BCUT2D eigenvalue weighted by Crippen LogP contribution is 2.34. The molecule has 0 radical (unpaired) electrons. The van der Waals surface area contributed by atoms with Crippen LogP contribution in [0.3, 0.4) is 0 Å². The molecule has 0 spiro atoms. The van der Waals surface area contributed by atoms with E-state index in [4.69, 9.17) is 10.5 Å². The van der Waals surface area contributed by atoms with E-state index in [1.165, 1.54) is 13.0 Å². The number of benzene rings is 1. The molecule has 0 aliphatic heterocycles. The minimum atomic E-state index is -4.54. The first kappa shape index (κ1) is 12.1. The van der Waals surface area contributed by atoms with E-state index in [0.29, 0.717) is 5.56 Å². The van der Waals surface area contributed by atoms with Gasteiger partial charge in [-0.05, 0) is 30.2 Å². The van der Waals surface area contributed by atoms with Gasteiger partial charge in [-0.15, -0.1) is 0 Å². The van der Waals surface area contributed by atoms with Crippen LogP contribution in [0.4, 0.5) is 13.2 Å². The van der Waals surface area contributed by atoms with Gasteiger partial charge in [-0.3, -0.25) is 0 Å². The standard InChI is InChI=1S/C11H7F3N2/c1-7-4-8(6-16)5-10(11(12,13)14)9(7)2-3-15/h4-5H,2H2,1H3. The Morgan fingerprint density at radius 1 is 1.25 bits per heavy atom. The van der Waals surface area contributed by atoms with Crippen molar-refractivity contribution in [2.24, 2.45) is 0 Å². The molecule has 0 heterocycles. The summed E-state index contributed by atoms with van der Waals surface area (Å²) in [5, 5.41) is 17.1. The summed E-state index contributed by atoms with van der Waals surface area (Å²) in [4.78, 5) is 0. The average Bonchev–Trinajstić information content (AvgIpc) is 2.19. The highest BCUT2D eigenvalue weighted by atomic mass is 19.4. The number of halogens is 3. The van der Waals surface area contributed by atoms with Crippen LogP contribution in [-0.2, 0) is 12.6 Å². The summed E-state index contributed by atoms with van der Waals surface area (Å²) in [6.07, 6.45) is -4.85. The van der Waals surface area contributed by atoms with Crippen LogP contribution in [0.15, 0.2) is 12.1 Å². The van der Waals surface area contributed by atoms with E-state index in [-0.39, 0.29) is 17.5 Å². The number of hydrogen-bond acceptors (Lipinski definition) is 2. The zero-order chi connectivity index (χ0) is 12.3. The Bertz CT molecular complexity index is 490. The second-order valence-corrected chi connectivity index (χ2v) is 3.26. The monoisotopic (exact) mass is 224 g/mol. The van der Waals surface area contributed by atoms with Crippen LogP contribution in [0.5, 0.6) is 0 Å². The van der Waals surface area contributed by atoms with Crippen LogP contribution < -0.4 is 0 Å². The van der Waals surface area contributed by atoms with Gasteiger partial charge < -0.3 is 0 Å². The second kappa shape index (κ2) is 4.24. The Hall–Kier alpha value is -2.01. The first-order chi connectivity index (χ1) is 7.40. The quantitative estimate of drug-likeness (QED) is 0.736. The molecule has 0 unspecified atom stereocenters. The molecule has 0 aliphatic rings. The number of nitrogens with zero attached hydrogens (tertiary/aromatic N) is 2. The van der Waals surface area contributed by atoms with Gasteiger partial charge in [-0.2, -0.15) is 23.7 Å². The number of nitriles is 2. The lowest BCUT2D eigenvalue weighted by Gasteiger charge is -2.13. The minimum Gasteiger partial charge on any atom is -0.198 e. The average molecular weight is 224 g/mol.